The molecule has 13 heteroatoms. The molecule has 2 aliphatic heterocycles. The molecule has 0 aliphatic carbocycles. The molecular formula is C23H22ClF3N2O6S. The lowest BCUT2D eigenvalue weighted by Crippen LogP contribution is -2.53. The molecule has 4 atom stereocenters. The molecule has 2 bridgehead atoms. The van der Waals surface area contributed by atoms with Gasteiger partial charge in [0.2, 0.25) is 0 Å². The molecule has 2 aliphatic rings. The Labute approximate surface area is 209 Å². The number of nitrogens with one attached hydrogen (secondary N) is 1. The van der Waals surface area contributed by atoms with Crippen LogP contribution in [0.25, 0.3) is 0 Å². The highest BCUT2D eigenvalue weighted by Gasteiger charge is 2.48. The van der Waals surface area contributed by atoms with Crippen molar-refractivity contribution in [1.29, 1.82) is 0 Å². The van der Waals surface area contributed by atoms with Gasteiger partial charge in [-0.3, -0.25) is 9.59 Å². The third-order valence-electron chi connectivity index (χ3n) is 6.58. The van der Waals surface area contributed by atoms with Gasteiger partial charge in [0, 0.05) is 35.5 Å². The maximum absolute atomic E-state index is 13.5. The normalized spacial score (nSPS) is 22.4. The number of aliphatic hydroxyl groups excluding tert-OH is 2. The van der Waals surface area contributed by atoms with Crippen molar-refractivity contribution in [2.45, 2.75) is 54.0 Å². The standard InChI is InChI=1S/C23H22ClF3N2O6S/c24-16-4-1-11(22(32)28-12-6-17(25)21(27)18(26)7-12)5-20(16)36(34,35)15-8-13-2-3-14(9-15)29(13)23(33)19(31)10-30/h1,4-7,13-15,19,30-31H,2-3,8-10H2,(H,28,32)/t13-,14?,15?,19+/m0/s1. The minimum absolute atomic E-state index is 0.0869. The molecule has 0 aromatic heterocycles. The first kappa shape index (κ1) is 26.4. The van der Waals surface area contributed by atoms with Gasteiger partial charge in [0.1, 0.15) is 0 Å². The van der Waals surface area contributed by atoms with Gasteiger partial charge in [-0.25, -0.2) is 21.6 Å². The number of hydrogen-bond donors (Lipinski definition) is 3. The summed E-state index contributed by atoms with van der Waals surface area (Å²) in [5.41, 5.74) is -0.529. The highest BCUT2D eigenvalue weighted by Crippen LogP contribution is 2.41. The first-order valence-electron chi connectivity index (χ1n) is 11.0. The molecule has 0 spiro atoms. The summed E-state index contributed by atoms with van der Waals surface area (Å²) in [5, 5.41) is 20.0. The largest absolute Gasteiger partial charge is 0.393 e. The molecule has 2 heterocycles. The molecule has 2 aromatic rings. The van der Waals surface area contributed by atoms with E-state index in [1.54, 1.807) is 0 Å². The highest BCUT2D eigenvalue weighted by atomic mass is 35.5. The van der Waals surface area contributed by atoms with E-state index in [2.05, 4.69) is 5.32 Å². The van der Waals surface area contributed by atoms with Crippen molar-refractivity contribution in [3.8, 4) is 0 Å². The summed E-state index contributed by atoms with van der Waals surface area (Å²) in [6.45, 7) is -0.738. The predicted molar refractivity (Wildman–Crippen MR) is 123 cm³/mol. The van der Waals surface area contributed by atoms with Crippen LogP contribution in [0.5, 0.6) is 0 Å². The predicted octanol–water partition coefficient (Wildman–Crippen LogP) is 2.66. The van der Waals surface area contributed by atoms with E-state index in [1.165, 1.54) is 17.0 Å². The molecule has 2 saturated heterocycles. The molecule has 36 heavy (non-hydrogen) atoms. The number of carbonyl (C=O) groups is 2. The minimum Gasteiger partial charge on any atom is -0.393 e. The van der Waals surface area contributed by atoms with Gasteiger partial charge in [-0.2, -0.15) is 0 Å². The molecule has 2 aromatic carbocycles. The molecule has 3 N–H and O–H groups in total. The summed E-state index contributed by atoms with van der Waals surface area (Å²) in [5.74, 6) is -6.25. The molecule has 2 amide bonds. The number of carbonyl (C=O) groups excluding carboxylic acids is 2. The topological polar surface area (TPSA) is 124 Å². The van der Waals surface area contributed by atoms with Gasteiger partial charge in [0.05, 0.1) is 21.8 Å². The van der Waals surface area contributed by atoms with Crippen molar-refractivity contribution < 1.29 is 41.4 Å². The summed E-state index contributed by atoms with van der Waals surface area (Å²) in [6, 6.07) is 3.79. The number of amides is 2. The fourth-order valence-electron chi connectivity index (χ4n) is 4.86. The average Bonchev–Trinajstić information content (AvgIpc) is 3.09. The quantitative estimate of drug-likeness (QED) is 0.479. The number of anilines is 1. The molecule has 194 valence electrons. The lowest BCUT2D eigenvalue weighted by molar-refractivity contribution is -0.146. The van der Waals surface area contributed by atoms with Crippen molar-refractivity contribution in [3.05, 3.63) is 58.4 Å². The fourth-order valence-corrected chi connectivity index (χ4v) is 7.25. The summed E-state index contributed by atoms with van der Waals surface area (Å²) < 4.78 is 67.1. The average molecular weight is 547 g/mol. The van der Waals surface area contributed by atoms with Crippen LogP contribution in [-0.2, 0) is 14.6 Å². The van der Waals surface area contributed by atoms with Gasteiger partial charge in [-0.15, -0.1) is 0 Å². The van der Waals surface area contributed by atoms with Crippen LogP contribution in [-0.4, -0.2) is 65.4 Å². The Kier molecular flexibility index (Phi) is 7.33. The molecule has 8 nitrogen and oxygen atoms in total. The second kappa shape index (κ2) is 10.0. The number of benzene rings is 2. The van der Waals surface area contributed by atoms with Crippen LogP contribution in [0.15, 0.2) is 35.2 Å². The number of sulfone groups is 1. The van der Waals surface area contributed by atoms with Gasteiger partial charge in [0.15, 0.2) is 33.4 Å². The third-order valence-corrected chi connectivity index (χ3v) is 9.24. The Hall–Kier alpha value is -2.67. The van der Waals surface area contributed by atoms with Crippen LogP contribution in [0.1, 0.15) is 36.0 Å². The van der Waals surface area contributed by atoms with Crippen LogP contribution in [0, 0.1) is 17.5 Å². The van der Waals surface area contributed by atoms with E-state index >= 15 is 0 Å². The van der Waals surface area contributed by atoms with Crippen molar-refractivity contribution in [1.82, 2.24) is 4.90 Å². The second-order valence-electron chi connectivity index (χ2n) is 8.82. The smallest absolute Gasteiger partial charge is 0.255 e. The maximum atomic E-state index is 13.5. The summed E-state index contributed by atoms with van der Waals surface area (Å²) in [4.78, 5) is 26.2. The molecule has 2 fully saturated rings. The Bertz CT molecular complexity index is 1290. The molecule has 4 rings (SSSR count). The maximum Gasteiger partial charge on any atom is 0.255 e. The van der Waals surface area contributed by atoms with Gasteiger partial charge in [-0.05, 0) is 43.9 Å². The van der Waals surface area contributed by atoms with Crippen molar-refractivity contribution in [3.63, 3.8) is 0 Å². The number of hydrogen-bond acceptors (Lipinski definition) is 6. The van der Waals surface area contributed by atoms with Crippen LogP contribution >= 0.6 is 11.6 Å². The number of aliphatic hydroxyl groups is 2. The number of piperidine rings is 1. The van der Waals surface area contributed by atoms with Gasteiger partial charge >= 0.3 is 0 Å². The van der Waals surface area contributed by atoms with Crippen LogP contribution in [0.2, 0.25) is 5.02 Å². The minimum atomic E-state index is -4.07. The summed E-state index contributed by atoms with van der Waals surface area (Å²) >= 11 is 6.17. The van der Waals surface area contributed by atoms with E-state index in [4.69, 9.17) is 16.7 Å². The number of halogens is 4. The second-order valence-corrected chi connectivity index (χ2v) is 11.4. The number of nitrogens with zero attached hydrogens (tertiary/aromatic N) is 1. The highest BCUT2D eigenvalue weighted by molar-refractivity contribution is 7.92. The van der Waals surface area contributed by atoms with E-state index < -0.39 is 69.1 Å². The van der Waals surface area contributed by atoms with Gasteiger partial charge in [0.25, 0.3) is 11.8 Å². The van der Waals surface area contributed by atoms with Crippen LogP contribution in [0.3, 0.4) is 0 Å². The van der Waals surface area contributed by atoms with E-state index in [9.17, 15) is 36.3 Å². The first-order valence-corrected chi connectivity index (χ1v) is 13.0. The van der Waals surface area contributed by atoms with Gasteiger partial charge < -0.3 is 20.4 Å². The van der Waals surface area contributed by atoms with Crippen LogP contribution in [0.4, 0.5) is 18.9 Å². The zero-order valence-electron chi connectivity index (χ0n) is 18.6. The molecule has 0 saturated carbocycles. The molecule has 2 unspecified atom stereocenters. The monoisotopic (exact) mass is 546 g/mol. The molecule has 0 radical (unpaired) electrons. The summed E-state index contributed by atoms with van der Waals surface area (Å²) in [7, 11) is -4.07. The SMILES string of the molecule is O=C(Nc1cc(F)c(F)c(F)c1)c1ccc(Cl)c(S(=O)(=O)C2CC3CC[C@@H](C2)N3C(=O)[C@H](O)CO)c1. The van der Waals surface area contributed by atoms with Gasteiger partial charge in [-0.1, -0.05) is 11.6 Å². The van der Waals surface area contributed by atoms with E-state index in [-0.39, 0.29) is 34.0 Å². The lowest BCUT2D eigenvalue weighted by atomic mass is 10.0. The zero-order valence-corrected chi connectivity index (χ0v) is 20.2. The van der Waals surface area contributed by atoms with E-state index in [0.717, 1.165) is 6.07 Å². The fraction of sp³-hybridized carbons (Fsp3) is 0.391. The van der Waals surface area contributed by atoms with E-state index in [0.29, 0.717) is 25.0 Å². The Balaban J connectivity index is 1.57. The summed E-state index contributed by atoms with van der Waals surface area (Å²) in [6.07, 6.45) is -0.315. The number of fused-ring (bicyclic) bond motifs is 2. The van der Waals surface area contributed by atoms with Crippen molar-refractivity contribution in [2.75, 3.05) is 11.9 Å². The Morgan fingerprint density at radius 2 is 1.67 bits per heavy atom. The lowest BCUT2D eigenvalue weighted by Gasteiger charge is -2.39. The Morgan fingerprint density at radius 1 is 1.08 bits per heavy atom. The zero-order chi connectivity index (χ0) is 26.4. The Morgan fingerprint density at radius 3 is 2.22 bits per heavy atom. The van der Waals surface area contributed by atoms with Crippen molar-refractivity contribution >= 4 is 38.9 Å². The number of rotatable bonds is 6. The molecular weight excluding hydrogens is 525 g/mol. The van der Waals surface area contributed by atoms with Crippen molar-refractivity contribution in [2.24, 2.45) is 0 Å². The van der Waals surface area contributed by atoms with E-state index in [1.807, 2.05) is 0 Å². The third kappa shape index (κ3) is 4.82. The van der Waals surface area contributed by atoms with Crippen LogP contribution < -0.4 is 5.32 Å². The first-order chi connectivity index (χ1) is 16.9.